The van der Waals surface area contributed by atoms with E-state index in [1.807, 2.05) is 31.3 Å². The molecular weight excluding hydrogens is 295 g/mol. The highest BCUT2D eigenvalue weighted by atomic mass is 35.5. The van der Waals surface area contributed by atoms with Gasteiger partial charge in [0.25, 0.3) is 0 Å². The number of nitrogens with one attached hydrogen (secondary N) is 2. The highest BCUT2D eigenvalue weighted by molar-refractivity contribution is 6.35. The molecule has 0 aliphatic heterocycles. The van der Waals surface area contributed by atoms with Gasteiger partial charge in [-0.1, -0.05) is 23.2 Å². The van der Waals surface area contributed by atoms with E-state index < -0.39 is 0 Å². The van der Waals surface area contributed by atoms with Gasteiger partial charge in [0, 0.05) is 15.6 Å². The summed E-state index contributed by atoms with van der Waals surface area (Å²) in [5.74, 6) is 1.68. The maximum Gasteiger partial charge on any atom is 0.134 e. The van der Waals surface area contributed by atoms with E-state index in [4.69, 9.17) is 27.6 Å². The molecule has 2 rings (SSSR count). The van der Waals surface area contributed by atoms with Crippen molar-refractivity contribution in [3.63, 3.8) is 0 Å². The first kappa shape index (κ1) is 15.4. The lowest BCUT2D eigenvalue weighted by Crippen LogP contribution is -2.19. The van der Waals surface area contributed by atoms with Crippen LogP contribution >= 0.6 is 23.2 Å². The standard InChI is InChI=1S/C15H18Cl2N2O/c1-18-5-2-6-19-10-14-3-4-15(20-14)11-7-12(16)9-13(17)8-11/h3-4,7-9,18-19H,2,5-6,10H2,1H3. The SMILES string of the molecule is CNCCCNCc1ccc(-c2cc(Cl)cc(Cl)c2)o1. The van der Waals surface area contributed by atoms with Crippen LogP contribution in [0, 0.1) is 0 Å². The zero-order valence-corrected chi connectivity index (χ0v) is 12.9. The van der Waals surface area contributed by atoms with E-state index in [0.717, 1.165) is 43.1 Å². The minimum absolute atomic E-state index is 0.607. The van der Waals surface area contributed by atoms with Crippen LogP contribution in [-0.4, -0.2) is 20.1 Å². The molecule has 20 heavy (non-hydrogen) atoms. The Kier molecular flexibility index (Phi) is 5.92. The Hall–Kier alpha value is -1.00. The quantitative estimate of drug-likeness (QED) is 0.760. The first-order valence-corrected chi connectivity index (χ1v) is 7.35. The molecule has 1 aromatic carbocycles. The van der Waals surface area contributed by atoms with Gasteiger partial charge >= 0.3 is 0 Å². The molecular formula is C15H18Cl2N2O. The Morgan fingerprint density at radius 1 is 1.05 bits per heavy atom. The van der Waals surface area contributed by atoms with Crippen LogP contribution in [0.2, 0.25) is 10.0 Å². The summed E-state index contributed by atoms with van der Waals surface area (Å²) < 4.78 is 5.79. The van der Waals surface area contributed by atoms with Crippen LogP contribution in [0.5, 0.6) is 0 Å². The monoisotopic (exact) mass is 312 g/mol. The highest BCUT2D eigenvalue weighted by Gasteiger charge is 2.06. The number of furan rings is 1. The van der Waals surface area contributed by atoms with E-state index in [1.54, 1.807) is 6.07 Å². The first-order chi connectivity index (χ1) is 9.69. The van der Waals surface area contributed by atoms with Crippen LogP contribution in [0.1, 0.15) is 12.2 Å². The molecule has 0 saturated carbocycles. The van der Waals surface area contributed by atoms with Crippen LogP contribution in [0.25, 0.3) is 11.3 Å². The van der Waals surface area contributed by atoms with E-state index in [1.165, 1.54) is 0 Å². The Bertz CT molecular complexity index is 534. The molecule has 0 amide bonds. The number of hydrogen-bond acceptors (Lipinski definition) is 3. The molecule has 2 N–H and O–H groups in total. The van der Waals surface area contributed by atoms with Crippen molar-refractivity contribution >= 4 is 23.2 Å². The molecule has 0 bridgehead atoms. The van der Waals surface area contributed by atoms with Gasteiger partial charge in [0.05, 0.1) is 6.54 Å². The maximum absolute atomic E-state index is 5.99. The van der Waals surface area contributed by atoms with Gasteiger partial charge in [-0.25, -0.2) is 0 Å². The van der Waals surface area contributed by atoms with Gasteiger partial charge in [-0.3, -0.25) is 0 Å². The van der Waals surface area contributed by atoms with E-state index in [0.29, 0.717) is 10.0 Å². The van der Waals surface area contributed by atoms with E-state index >= 15 is 0 Å². The summed E-state index contributed by atoms with van der Waals surface area (Å²) in [4.78, 5) is 0. The average molecular weight is 313 g/mol. The van der Waals surface area contributed by atoms with Gasteiger partial charge < -0.3 is 15.1 Å². The van der Waals surface area contributed by atoms with E-state index in [-0.39, 0.29) is 0 Å². The van der Waals surface area contributed by atoms with Gasteiger partial charge in [0.2, 0.25) is 0 Å². The number of benzene rings is 1. The summed E-state index contributed by atoms with van der Waals surface area (Å²) in [6.45, 7) is 2.69. The van der Waals surface area contributed by atoms with E-state index in [9.17, 15) is 0 Å². The normalized spacial score (nSPS) is 10.9. The molecule has 1 aromatic heterocycles. The summed E-state index contributed by atoms with van der Waals surface area (Å²) in [5.41, 5.74) is 0.893. The topological polar surface area (TPSA) is 37.2 Å². The third-order valence-electron chi connectivity index (χ3n) is 2.89. The second-order valence-corrected chi connectivity index (χ2v) is 5.43. The molecule has 0 atom stereocenters. The van der Waals surface area contributed by atoms with Crippen molar-refractivity contribution in [3.8, 4) is 11.3 Å². The van der Waals surface area contributed by atoms with Crippen molar-refractivity contribution in [2.24, 2.45) is 0 Å². The Morgan fingerprint density at radius 2 is 1.80 bits per heavy atom. The smallest absolute Gasteiger partial charge is 0.134 e. The fourth-order valence-corrected chi connectivity index (χ4v) is 2.45. The van der Waals surface area contributed by atoms with E-state index in [2.05, 4.69) is 10.6 Å². The van der Waals surface area contributed by atoms with Gasteiger partial charge in [-0.15, -0.1) is 0 Å². The first-order valence-electron chi connectivity index (χ1n) is 6.59. The molecule has 0 unspecified atom stereocenters. The van der Waals surface area contributed by atoms with Gasteiger partial charge in [0.15, 0.2) is 0 Å². The van der Waals surface area contributed by atoms with Crippen molar-refractivity contribution in [1.82, 2.24) is 10.6 Å². The molecule has 108 valence electrons. The van der Waals surface area contributed by atoms with Crippen LogP contribution < -0.4 is 10.6 Å². The second-order valence-electron chi connectivity index (χ2n) is 4.56. The third-order valence-corrected chi connectivity index (χ3v) is 3.32. The molecule has 2 aromatic rings. The lowest BCUT2D eigenvalue weighted by atomic mass is 10.2. The predicted octanol–water partition coefficient (Wildman–Crippen LogP) is 3.95. The Morgan fingerprint density at radius 3 is 2.50 bits per heavy atom. The summed E-state index contributed by atoms with van der Waals surface area (Å²) in [6.07, 6.45) is 1.09. The molecule has 0 aliphatic carbocycles. The Balaban J connectivity index is 1.94. The fourth-order valence-electron chi connectivity index (χ4n) is 1.93. The van der Waals surface area contributed by atoms with Crippen LogP contribution in [0.3, 0.4) is 0 Å². The molecule has 0 radical (unpaired) electrons. The van der Waals surface area contributed by atoms with Crippen molar-refractivity contribution in [2.75, 3.05) is 20.1 Å². The largest absolute Gasteiger partial charge is 0.460 e. The second kappa shape index (κ2) is 7.70. The average Bonchev–Trinajstić information content (AvgIpc) is 2.86. The molecule has 0 spiro atoms. The number of hydrogen-bond donors (Lipinski definition) is 2. The van der Waals surface area contributed by atoms with Gasteiger partial charge in [-0.05, 0) is 56.9 Å². The molecule has 5 heteroatoms. The lowest BCUT2D eigenvalue weighted by molar-refractivity contribution is 0.490. The summed E-state index contributed by atoms with van der Waals surface area (Å²) in [5, 5.41) is 7.67. The minimum atomic E-state index is 0.607. The van der Waals surface area contributed by atoms with Crippen LogP contribution in [0.15, 0.2) is 34.7 Å². The van der Waals surface area contributed by atoms with Gasteiger partial charge in [0.1, 0.15) is 11.5 Å². The summed E-state index contributed by atoms with van der Waals surface area (Å²) in [7, 11) is 1.95. The summed E-state index contributed by atoms with van der Waals surface area (Å²) in [6, 6.07) is 9.30. The van der Waals surface area contributed by atoms with Crippen molar-refractivity contribution < 1.29 is 4.42 Å². The van der Waals surface area contributed by atoms with Crippen molar-refractivity contribution in [3.05, 3.63) is 46.1 Å². The van der Waals surface area contributed by atoms with Crippen molar-refractivity contribution in [1.29, 1.82) is 0 Å². The van der Waals surface area contributed by atoms with Gasteiger partial charge in [-0.2, -0.15) is 0 Å². The fraction of sp³-hybridized carbons (Fsp3) is 0.333. The molecule has 3 nitrogen and oxygen atoms in total. The summed E-state index contributed by atoms with van der Waals surface area (Å²) >= 11 is 12.0. The molecule has 0 aliphatic rings. The zero-order valence-electron chi connectivity index (χ0n) is 11.4. The van der Waals surface area contributed by atoms with Crippen LogP contribution in [0.4, 0.5) is 0 Å². The zero-order chi connectivity index (χ0) is 14.4. The highest BCUT2D eigenvalue weighted by Crippen LogP contribution is 2.28. The van der Waals surface area contributed by atoms with Crippen LogP contribution in [-0.2, 0) is 6.54 Å². The van der Waals surface area contributed by atoms with Crippen molar-refractivity contribution in [2.45, 2.75) is 13.0 Å². The number of rotatable bonds is 7. The number of halogens is 2. The lowest BCUT2D eigenvalue weighted by Gasteiger charge is -2.03. The molecule has 1 heterocycles. The maximum atomic E-state index is 5.99. The third kappa shape index (κ3) is 4.53. The molecule has 0 saturated heterocycles. The molecule has 0 fully saturated rings. The Labute approximate surface area is 129 Å². The minimum Gasteiger partial charge on any atom is -0.460 e. The predicted molar refractivity (Wildman–Crippen MR) is 84.4 cm³/mol.